The molecule has 0 fully saturated rings. The SMILES string of the molecule is COc1ccc(Cl)c2sc(N(Cc3ccccc3)C(=O)CS(=O)(=O)Cc3ccccc3)nc12. The number of anilines is 1. The largest absolute Gasteiger partial charge is 0.494 e. The molecule has 0 aliphatic carbocycles. The third-order valence-corrected chi connectivity index (χ3v) is 7.95. The van der Waals surface area contributed by atoms with Gasteiger partial charge in [0, 0.05) is 0 Å². The number of nitrogens with zero attached hydrogens (tertiary/aromatic N) is 2. The molecule has 0 bridgehead atoms. The predicted molar refractivity (Wildman–Crippen MR) is 133 cm³/mol. The van der Waals surface area contributed by atoms with E-state index in [1.807, 2.05) is 36.4 Å². The van der Waals surface area contributed by atoms with E-state index in [1.54, 1.807) is 36.4 Å². The van der Waals surface area contributed by atoms with E-state index in [9.17, 15) is 13.2 Å². The van der Waals surface area contributed by atoms with Gasteiger partial charge in [-0.3, -0.25) is 9.69 Å². The number of aromatic nitrogens is 1. The van der Waals surface area contributed by atoms with Crippen molar-refractivity contribution in [3.63, 3.8) is 0 Å². The number of hydrogen-bond donors (Lipinski definition) is 0. The third kappa shape index (κ3) is 5.52. The first-order valence-corrected chi connectivity index (χ1v) is 13.1. The van der Waals surface area contributed by atoms with Gasteiger partial charge < -0.3 is 4.74 Å². The lowest BCUT2D eigenvalue weighted by Crippen LogP contribution is -2.35. The highest BCUT2D eigenvalue weighted by molar-refractivity contribution is 7.91. The van der Waals surface area contributed by atoms with Gasteiger partial charge in [0.2, 0.25) is 5.91 Å². The molecule has 0 saturated carbocycles. The summed E-state index contributed by atoms with van der Waals surface area (Å²) in [5.74, 6) is -0.863. The van der Waals surface area contributed by atoms with Crippen LogP contribution in [-0.2, 0) is 26.9 Å². The van der Waals surface area contributed by atoms with E-state index in [-0.39, 0.29) is 12.3 Å². The van der Waals surface area contributed by atoms with Crippen molar-refractivity contribution in [2.75, 3.05) is 17.8 Å². The van der Waals surface area contributed by atoms with E-state index in [4.69, 9.17) is 16.3 Å². The Morgan fingerprint density at radius 3 is 2.27 bits per heavy atom. The molecule has 0 aliphatic heterocycles. The Hall–Kier alpha value is -2.94. The molecule has 4 rings (SSSR count). The summed E-state index contributed by atoms with van der Waals surface area (Å²) in [5, 5.41) is 0.846. The van der Waals surface area contributed by atoms with Crippen molar-refractivity contribution in [3.05, 3.63) is 88.9 Å². The molecule has 33 heavy (non-hydrogen) atoms. The Morgan fingerprint density at radius 1 is 1.00 bits per heavy atom. The number of hydrogen-bond acceptors (Lipinski definition) is 6. The zero-order valence-electron chi connectivity index (χ0n) is 17.8. The van der Waals surface area contributed by atoms with Crippen molar-refractivity contribution in [3.8, 4) is 5.75 Å². The Kier molecular flexibility index (Phi) is 6.97. The lowest BCUT2D eigenvalue weighted by atomic mass is 10.2. The van der Waals surface area contributed by atoms with Crippen LogP contribution in [-0.4, -0.2) is 32.2 Å². The van der Waals surface area contributed by atoms with Crippen molar-refractivity contribution in [2.24, 2.45) is 0 Å². The summed E-state index contributed by atoms with van der Waals surface area (Å²) in [6, 6.07) is 21.6. The molecule has 1 amide bonds. The van der Waals surface area contributed by atoms with Crippen LogP contribution in [0.4, 0.5) is 5.13 Å². The smallest absolute Gasteiger partial charge is 0.244 e. The molecule has 0 spiro atoms. The number of ether oxygens (including phenoxy) is 1. The fraction of sp³-hybridized carbons (Fsp3) is 0.167. The molecule has 0 unspecified atom stereocenters. The number of benzene rings is 3. The standard InChI is InChI=1S/C24H21ClN2O4S2/c1-31-20-13-12-19(25)23-22(20)26-24(32-23)27(14-17-8-4-2-5-9-17)21(28)16-33(29,30)15-18-10-6-3-7-11-18/h2-13H,14-16H2,1H3. The van der Waals surface area contributed by atoms with Crippen molar-refractivity contribution in [2.45, 2.75) is 12.3 Å². The van der Waals surface area contributed by atoms with Gasteiger partial charge in [0.15, 0.2) is 15.0 Å². The number of amides is 1. The summed E-state index contributed by atoms with van der Waals surface area (Å²) < 4.78 is 31.7. The molecule has 0 saturated heterocycles. The predicted octanol–water partition coefficient (Wildman–Crippen LogP) is 5.11. The van der Waals surface area contributed by atoms with E-state index < -0.39 is 21.5 Å². The van der Waals surface area contributed by atoms with Gasteiger partial charge in [0.25, 0.3) is 0 Å². The molecule has 0 aliphatic rings. The minimum absolute atomic E-state index is 0.181. The van der Waals surface area contributed by atoms with Crippen LogP contribution in [0.15, 0.2) is 72.8 Å². The number of carbonyl (C=O) groups excluding carboxylic acids is 1. The van der Waals surface area contributed by atoms with Gasteiger partial charge in [-0.25, -0.2) is 13.4 Å². The summed E-state index contributed by atoms with van der Waals surface area (Å²) in [4.78, 5) is 19.3. The molecule has 6 nitrogen and oxygen atoms in total. The quantitative estimate of drug-likeness (QED) is 0.336. The van der Waals surface area contributed by atoms with Crippen molar-refractivity contribution < 1.29 is 17.9 Å². The highest BCUT2D eigenvalue weighted by Gasteiger charge is 2.27. The van der Waals surface area contributed by atoms with E-state index in [0.29, 0.717) is 31.7 Å². The average molecular weight is 501 g/mol. The molecule has 0 radical (unpaired) electrons. The highest BCUT2D eigenvalue weighted by atomic mass is 35.5. The summed E-state index contributed by atoms with van der Waals surface area (Å²) in [6.07, 6.45) is 0. The number of rotatable bonds is 8. The Balaban J connectivity index is 1.69. The van der Waals surface area contributed by atoms with Crippen molar-refractivity contribution in [1.82, 2.24) is 4.98 Å². The molecule has 1 aromatic heterocycles. The number of carbonyl (C=O) groups is 1. The van der Waals surface area contributed by atoms with E-state index >= 15 is 0 Å². The molecular weight excluding hydrogens is 480 g/mol. The topological polar surface area (TPSA) is 76.6 Å². The third-order valence-electron chi connectivity index (χ3n) is 4.96. The van der Waals surface area contributed by atoms with E-state index in [0.717, 1.165) is 5.56 Å². The van der Waals surface area contributed by atoms with Gasteiger partial charge in [-0.05, 0) is 23.3 Å². The zero-order chi connectivity index (χ0) is 23.4. The summed E-state index contributed by atoms with van der Waals surface area (Å²) in [5.41, 5.74) is 2.02. The second-order valence-electron chi connectivity index (χ2n) is 7.41. The fourth-order valence-electron chi connectivity index (χ4n) is 3.40. The summed E-state index contributed by atoms with van der Waals surface area (Å²) in [6.45, 7) is 0.181. The fourth-order valence-corrected chi connectivity index (χ4v) is 6.00. The van der Waals surface area contributed by atoms with E-state index in [1.165, 1.54) is 23.3 Å². The molecular formula is C24H21ClN2O4S2. The monoisotopic (exact) mass is 500 g/mol. The van der Waals surface area contributed by atoms with Crippen LogP contribution in [0.2, 0.25) is 5.02 Å². The lowest BCUT2D eigenvalue weighted by molar-refractivity contribution is -0.116. The van der Waals surface area contributed by atoms with Crippen LogP contribution < -0.4 is 9.64 Å². The highest BCUT2D eigenvalue weighted by Crippen LogP contribution is 2.39. The van der Waals surface area contributed by atoms with Gasteiger partial charge in [0.1, 0.15) is 17.0 Å². The molecule has 9 heteroatoms. The van der Waals surface area contributed by atoms with Crippen LogP contribution in [0.25, 0.3) is 10.2 Å². The normalized spacial score (nSPS) is 11.5. The second kappa shape index (κ2) is 9.91. The van der Waals surface area contributed by atoms with Crippen LogP contribution in [0.1, 0.15) is 11.1 Å². The number of halogens is 1. The summed E-state index contributed by atoms with van der Waals surface area (Å²) in [7, 11) is -2.16. The van der Waals surface area contributed by atoms with Gasteiger partial charge in [-0.15, -0.1) is 0 Å². The van der Waals surface area contributed by atoms with Crippen LogP contribution in [0.3, 0.4) is 0 Å². The second-order valence-corrected chi connectivity index (χ2v) is 10.9. The van der Waals surface area contributed by atoms with Crippen LogP contribution in [0, 0.1) is 0 Å². The zero-order valence-corrected chi connectivity index (χ0v) is 20.2. The lowest BCUT2D eigenvalue weighted by Gasteiger charge is -2.20. The molecule has 3 aromatic carbocycles. The van der Waals surface area contributed by atoms with Gasteiger partial charge >= 0.3 is 0 Å². The number of methoxy groups -OCH3 is 1. The maximum absolute atomic E-state index is 13.3. The molecule has 0 N–H and O–H groups in total. The van der Waals surface area contributed by atoms with Gasteiger partial charge in [-0.1, -0.05) is 83.6 Å². The molecule has 0 atom stereocenters. The Bertz CT molecular complexity index is 1370. The minimum atomic E-state index is -3.70. The van der Waals surface area contributed by atoms with Crippen molar-refractivity contribution >= 4 is 54.0 Å². The first kappa shape index (κ1) is 23.2. The first-order valence-electron chi connectivity index (χ1n) is 10.1. The van der Waals surface area contributed by atoms with E-state index in [2.05, 4.69) is 4.98 Å². The molecule has 170 valence electrons. The maximum atomic E-state index is 13.3. The minimum Gasteiger partial charge on any atom is -0.494 e. The Labute approximate surface area is 201 Å². The average Bonchev–Trinajstić information content (AvgIpc) is 3.24. The first-order chi connectivity index (χ1) is 15.9. The molecule has 1 heterocycles. The van der Waals surface area contributed by atoms with Gasteiger partial charge in [-0.2, -0.15) is 0 Å². The number of fused-ring (bicyclic) bond motifs is 1. The van der Waals surface area contributed by atoms with Gasteiger partial charge in [0.05, 0.1) is 29.1 Å². The summed E-state index contributed by atoms with van der Waals surface area (Å²) >= 11 is 7.58. The Morgan fingerprint density at radius 2 is 1.64 bits per heavy atom. The van der Waals surface area contributed by atoms with Crippen LogP contribution >= 0.6 is 22.9 Å². The molecule has 4 aromatic rings. The van der Waals surface area contributed by atoms with Crippen LogP contribution in [0.5, 0.6) is 5.75 Å². The number of thiazole rings is 1. The maximum Gasteiger partial charge on any atom is 0.244 e. The number of sulfone groups is 1. The van der Waals surface area contributed by atoms with Crippen molar-refractivity contribution in [1.29, 1.82) is 0 Å².